The number of nitrogens with zero attached hydrogens (tertiary/aromatic N) is 2. The summed E-state index contributed by atoms with van der Waals surface area (Å²) in [7, 11) is 0. The van der Waals surface area contributed by atoms with Crippen LogP contribution in [0.1, 0.15) is 23.9 Å². The highest BCUT2D eigenvalue weighted by molar-refractivity contribution is 6.07. The van der Waals surface area contributed by atoms with Gasteiger partial charge in [0.15, 0.2) is 17.3 Å². The number of rotatable bonds is 3. The standard InChI is InChI=1S/C17H17N3O5/c1-10-7-12(25-19-10)9-20-15(21)17(2,18-16(20)22)11-3-4-13-14(8-11)24-6-5-23-13/h3-4,7-8H,5-6,9H2,1-2H3,(H,18,22)/t17-/m1/s1. The summed E-state index contributed by atoms with van der Waals surface area (Å²) in [5.74, 6) is 1.29. The van der Waals surface area contributed by atoms with Crippen LogP contribution < -0.4 is 14.8 Å². The maximum atomic E-state index is 12.9. The van der Waals surface area contributed by atoms with Crippen LogP contribution in [0.15, 0.2) is 28.8 Å². The van der Waals surface area contributed by atoms with Crippen LogP contribution in [0.4, 0.5) is 4.79 Å². The number of urea groups is 1. The highest BCUT2D eigenvalue weighted by atomic mass is 16.6. The fourth-order valence-corrected chi connectivity index (χ4v) is 3.04. The number of carbonyl (C=O) groups excluding carboxylic acids is 2. The second-order valence-corrected chi connectivity index (χ2v) is 6.24. The third-order valence-corrected chi connectivity index (χ3v) is 4.39. The molecule has 1 N–H and O–H groups in total. The third-order valence-electron chi connectivity index (χ3n) is 4.39. The fourth-order valence-electron chi connectivity index (χ4n) is 3.04. The van der Waals surface area contributed by atoms with E-state index in [1.807, 2.05) is 0 Å². The molecule has 0 unspecified atom stereocenters. The van der Waals surface area contributed by atoms with Crippen molar-refractivity contribution in [2.24, 2.45) is 0 Å². The van der Waals surface area contributed by atoms with Crippen molar-refractivity contribution in [2.45, 2.75) is 25.9 Å². The van der Waals surface area contributed by atoms with Crippen LogP contribution in [0.5, 0.6) is 11.5 Å². The summed E-state index contributed by atoms with van der Waals surface area (Å²) < 4.78 is 16.2. The van der Waals surface area contributed by atoms with Gasteiger partial charge in [-0.3, -0.25) is 9.69 Å². The van der Waals surface area contributed by atoms with Crippen molar-refractivity contribution in [2.75, 3.05) is 13.2 Å². The molecule has 4 rings (SSSR count). The molecule has 1 aromatic heterocycles. The minimum Gasteiger partial charge on any atom is -0.486 e. The predicted molar refractivity (Wildman–Crippen MR) is 85.1 cm³/mol. The zero-order valence-corrected chi connectivity index (χ0v) is 13.9. The summed E-state index contributed by atoms with van der Waals surface area (Å²) in [6, 6.07) is 6.45. The number of amides is 3. The summed E-state index contributed by atoms with van der Waals surface area (Å²) in [5, 5.41) is 6.54. The summed E-state index contributed by atoms with van der Waals surface area (Å²) >= 11 is 0. The van der Waals surface area contributed by atoms with E-state index in [1.54, 1.807) is 38.1 Å². The lowest BCUT2D eigenvalue weighted by Crippen LogP contribution is -2.40. The first-order valence-electron chi connectivity index (χ1n) is 7.94. The molecule has 25 heavy (non-hydrogen) atoms. The summed E-state index contributed by atoms with van der Waals surface area (Å²) in [6.07, 6.45) is 0. The number of ether oxygens (including phenoxy) is 2. The number of nitrogens with one attached hydrogen (secondary N) is 1. The maximum Gasteiger partial charge on any atom is 0.325 e. The molecule has 0 aliphatic carbocycles. The Bertz CT molecular complexity index is 862. The quantitative estimate of drug-likeness (QED) is 0.853. The number of imide groups is 1. The Morgan fingerprint density at radius 1 is 1.20 bits per heavy atom. The smallest absolute Gasteiger partial charge is 0.325 e. The lowest BCUT2D eigenvalue weighted by molar-refractivity contribution is -0.131. The maximum absolute atomic E-state index is 12.9. The van der Waals surface area contributed by atoms with E-state index in [9.17, 15) is 9.59 Å². The molecule has 3 amide bonds. The molecule has 1 atom stereocenters. The van der Waals surface area contributed by atoms with Crippen molar-refractivity contribution in [3.05, 3.63) is 41.3 Å². The molecule has 0 radical (unpaired) electrons. The first-order chi connectivity index (χ1) is 12.0. The number of carbonyl (C=O) groups is 2. The van der Waals surface area contributed by atoms with Gasteiger partial charge >= 0.3 is 6.03 Å². The van der Waals surface area contributed by atoms with Gasteiger partial charge in [0.2, 0.25) is 0 Å². The van der Waals surface area contributed by atoms with Crippen molar-refractivity contribution in [1.82, 2.24) is 15.4 Å². The predicted octanol–water partition coefficient (Wildman–Crippen LogP) is 1.72. The van der Waals surface area contributed by atoms with Gasteiger partial charge in [0.05, 0.1) is 12.2 Å². The molecule has 1 saturated heterocycles. The van der Waals surface area contributed by atoms with Crippen molar-refractivity contribution in [3.63, 3.8) is 0 Å². The van der Waals surface area contributed by atoms with E-state index in [4.69, 9.17) is 14.0 Å². The fraction of sp³-hybridized carbons (Fsp3) is 0.353. The molecule has 2 aromatic rings. The zero-order chi connectivity index (χ0) is 17.6. The van der Waals surface area contributed by atoms with Crippen molar-refractivity contribution in [3.8, 4) is 11.5 Å². The molecular formula is C17H17N3O5. The molecule has 2 aliphatic heterocycles. The number of aromatic nitrogens is 1. The Kier molecular flexibility index (Phi) is 3.41. The molecular weight excluding hydrogens is 326 g/mol. The summed E-state index contributed by atoms with van der Waals surface area (Å²) in [5.41, 5.74) is 0.144. The molecule has 130 valence electrons. The van der Waals surface area contributed by atoms with Gasteiger partial charge < -0.3 is 19.3 Å². The van der Waals surface area contributed by atoms with E-state index < -0.39 is 11.6 Å². The lowest BCUT2D eigenvalue weighted by Gasteiger charge is -2.25. The van der Waals surface area contributed by atoms with Crippen LogP contribution in [0.25, 0.3) is 0 Å². The first kappa shape index (κ1) is 15.5. The summed E-state index contributed by atoms with van der Waals surface area (Å²) in [6.45, 7) is 4.42. The van der Waals surface area contributed by atoms with Crippen LogP contribution in [-0.4, -0.2) is 35.2 Å². The van der Waals surface area contributed by atoms with Crippen molar-refractivity contribution < 1.29 is 23.6 Å². The second kappa shape index (κ2) is 5.51. The largest absolute Gasteiger partial charge is 0.486 e. The Balaban J connectivity index is 1.63. The second-order valence-electron chi connectivity index (χ2n) is 6.24. The number of hydrogen-bond acceptors (Lipinski definition) is 6. The first-order valence-corrected chi connectivity index (χ1v) is 7.94. The van der Waals surface area contributed by atoms with E-state index in [-0.39, 0.29) is 12.5 Å². The highest BCUT2D eigenvalue weighted by Crippen LogP contribution is 2.37. The van der Waals surface area contributed by atoms with Gasteiger partial charge in [-0.15, -0.1) is 0 Å². The van der Waals surface area contributed by atoms with Gasteiger partial charge in [0.25, 0.3) is 5.91 Å². The monoisotopic (exact) mass is 343 g/mol. The van der Waals surface area contributed by atoms with E-state index >= 15 is 0 Å². The molecule has 0 bridgehead atoms. The average Bonchev–Trinajstić information content (AvgIpc) is 3.11. The normalized spacial score (nSPS) is 22.2. The van der Waals surface area contributed by atoms with Gasteiger partial charge in [-0.1, -0.05) is 11.2 Å². The number of benzene rings is 1. The Morgan fingerprint density at radius 2 is 1.96 bits per heavy atom. The molecule has 0 spiro atoms. The molecule has 8 heteroatoms. The molecule has 1 aromatic carbocycles. The lowest BCUT2D eigenvalue weighted by atomic mass is 9.91. The average molecular weight is 343 g/mol. The molecule has 1 fully saturated rings. The molecule has 3 heterocycles. The summed E-state index contributed by atoms with van der Waals surface area (Å²) in [4.78, 5) is 26.4. The van der Waals surface area contributed by atoms with Crippen molar-refractivity contribution >= 4 is 11.9 Å². The van der Waals surface area contributed by atoms with Gasteiger partial charge in [0, 0.05) is 6.07 Å². The zero-order valence-electron chi connectivity index (χ0n) is 13.9. The van der Waals surface area contributed by atoms with Crippen LogP contribution in [0.2, 0.25) is 0 Å². The van der Waals surface area contributed by atoms with Crippen molar-refractivity contribution in [1.29, 1.82) is 0 Å². The van der Waals surface area contributed by atoms with Crippen LogP contribution >= 0.6 is 0 Å². The van der Waals surface area contributed by atoms with Crippen LogP contribution in [0.3, 0.4) is 0 Å². The Labute approximate surface area is 143 Å². The van der Waals surface area contributed by atoms with Crippen LogP contribution in [0, 0.1) is 6.92 Å². The minimum atomic E-state index is -1.18. The molecule has 0 saturated carbocycles. The van der Waals surface area contributed by atoms with Gasteiger partial charge in [-0.05, 0) is 31.5 Å². The number of hydrogen-bond donors (Lipinski definition) is 1. The molecule has 8 nitrogen and oxygen atoms in total. The molecule has 2 aliphatic rings. The SMILES string of the molecule is Cc1cc(CN2C(=O)N[C@](C)(c3ccc4c(c3)OCCO4)C2=O)on1. The Morgan fingerprint density at radius 3 is 2.68 bits per heavy atom. The highest BCUT2D eigenvalue weighted by Gasteiger charge is 2.49. The topological polar surface area (TPSA) is 93.9 Å². The van der Waals surface area contributed by atoms with Gasteiger partial charge in [-0.25, -0.2) is 4.79 Å². The van der Waals surface area contributed by atoms with E-state index in [0.29, 0.717) is 41.7 Å². The number of aryl methyl sites for hydroxylation is 1. The van der Waals surface area contributed by atoms with E-state index in [0.717, 1.165) is 4.90 Å². The van der Waals surface area contributed by atoms with Crippen LogP contribution in [-0.2, 0) is 16.9 Å². The van der Waals surface area contributed by atoms with Gasteiger partial charge in [0.1, 0.15) is 18.8 Å². The number of fused-ring (bicyclic) bond motifs is 1. The third kappa shape index (κ3) is 2.50. The Hall–Kier alpha value is -3.03. The van der Waals surface area contributed by atoms with Gasteiger partial charge in [-0.2, -0.15) is 0 Å². The van der Waals surface area contributed by atoms with E-state index in [2.05, 4.69) is 10.5 Å². The van der Waals surface area contributed by atoms with E-state index in [1.165, 1.54) is 0 Å². The minimum absolute atomic E-state index is 0.0334.